The Labute approximate surface area is 121 Å². The molecule has 3 nitrogen and oxygen atoms in total. The summed E-state index contributed by atoms with van der Waals surface area (Å²) in [5.41, 5.74) is 1.83. The van der Waals surface area contributed by atoms with Gasteiger partial charge >= 0.3 is 6.03 Å². The van der Waals surface area contributed by atoms with Crippen LogP contribution in [0.25, 0.3) is 0 Å². The lowest BCUT2D eigenvalue weighted by Gasteiger charge is -2.15. The van der Waals surface area contributed by atoms with Crippen molar-refractivity contribution in [2.75, 3.05) is 5.32 Å². The molecule has 0 spiro atoms. The Bertz CT molecular complexity index is 557. The molecule has 0 fully saturated rings. The maximum Gasteiger partial charge on any atom is 0.319 e. The summed E-state index contributed by atoms with van der Waals surface area (Å²) in [5.74, 6) is 0. The van der Waals surface area contributed by atoms with Gasteiger partial charge in [0.05, 0.1) is 6.04 Å². The molecule has 2 amide bonds. The molecule has 0 bridgehead atoms. The molecule has 0 saturated carbocycles. The van der Waals surface area contributed by atoms with Gasteiger partial charge in [0.15, 0.2) is 0 Å². The molecule has 0 radical (unpaired) electrons. The van der Waals surface area contributed by atoms with Crippen LogP contribution in [-0.2, 0) is 0 Å². The molecule has 0 saturated heterocycles. The third-order valence-electron chi connectivity index (χ3n) is 2.73. The molecule has 2 aromatic rings. The minimum absolute atomic E-state index is 0.0339. The smallest absolute Gasteiger partial charge is 0.319 e. The Hall–Kier alpha value is -1.81. The number of benzene rings is 2. The topological polar surface area (TPSA) is 41.1 Å². The van der Waals surface area contributed by atoms with E-state index in [0.29, 0.717) is 0 Å². The second-order valence-corrected chi connectivity index (χ2v) is 5.16. The zero-order valence-corrected chi connectivity index (χ0v) is 12.1. The molecule has 98 valence electrons. The first kappa shape index (κ1) is 13.6. The van der Waals surface area contributed by atoms with Crippen LogP contribution < -0.4 is 10.6 Å². The molecular formula is C15H15BrN2O. The quantitative estimate of drug-likeness (QED) is 0.868. The number of nitrogens with one attached hydrogen (secondary N) is 2. The van der Waals surface area contributed by atoms with E-state index in [4.69, 9.17) is 0 Å². The highest BCUT2D eigenvalue weighted by Gasteiger charge is 2.08. The molecule has 0 aliphatic carbocycles. The van der Waals surface area contributed by atoms with E-state index >= 15 is 0 Å². The van der Waals surface area contributed by atoms with E-state index in [1.807, 2.05) is 61.5 Å². The first-order chi connectivity index (χ1) is 9.15. The van der Waals surface area contributed by atoms with Gasteiger partial charge in [0.25, 0.3) is 0 Å². The lowest BCUT2D eigenvalue weighted by atomic mass is 10.1. The van der Waals surface area contributed by atoms with Crippen LogP contribution in [0.2, 0.25) is 0 Å². The van der Waals surface area contributed by atoms with Crippen LogP contribution in [0.5, 0.6) is 0 Å². The second kappa shape index (κ2) is 6.38. The third-order valence-corrected chi connectivity index (χ3v) is 3.22. The van der Waals surface area contributed by atoms with Crippen LogP contribution in [0, 0.1) is 0 Å². The molecule has 1 atom stereocenters. The first-order valence-electron chi connectivity index (χ1n) is 6.03. The number of hydrogen-bond donors (Lipinski definition) is 2. The summed E-state index contributed by atoms with van der Waals surface area (Å²) in [7, 11) is 0. The van der Waals surface area contributed by atoms with Crippen LogP contribution in [0.4, 0.5) is 10.5 Å². The summed E-state index contributed by atoms with van der Waals surface area (Å²) in [5, 5.41) is 5.70. The lowest BCUT2D eigenvalue weighted by molar-refractivity contribution is 0.249. The van der Waals surface area contributed by atoms with Gasteiger partial charge in [0.2, 0.25) is 0 Å². The standard InChI is InChI=1S/C15H15BrN2O/c1-11(12-6-3-2-4-7-12)17-15(19)18-14-9-5-8-13(16)10-14/h2-11H,1H3,(H2,17,18,19)/t11-/m0/s1. The molecular weight excluding hydrogens is 304 g/mol. The molecule has 2 aromatic carbocycles. The van der Waals surface area contributed by atoms with Crippen LogP contribution in [0.3, 0.4) is 0 Å². The van der Waals surface area contributed by atoms with Crippen molar-refractivity contribution < 1.29 is 4.79 Å². The number of amides is 2. The molecule has 2 rings (SSSR count). The second-order valence-electron chi connectivity index (χ2n) is 4.24. The van der Waals surface area contributed by atoms with Crippen LogP contribution in [-0.4, -0.2) is 6.03 Å². The van der Waals surface area contributed by atoms with Crippen molar-refractivity contribution in [2.45, 2.75) is 13.0 Å². The van der Waals surface area contributed by atoms with Crippen molar-refractivity contribution in [3.63, 3.8) is 0 Å². The zero-order valence-electron chi connectivity index (χ0n) is 10.6. The fourth-order valence-corrected chi connectivity index (χ4v) is 2.15. The maximum absolute atomic E-state index is 11.9. The number of anilines is 1. The van der Waals surface area contributed by atoms with Gasteiger partial charge in [-0.05, 0) is 30.7 Å². The molecule has 0 aromatic heterocycles. The molecule has 2 N–H and O–H groups in total. The predicted molar refractivity (Wildman–Crippen MR) is 81.2 cm³/mol. The van der Waals surface area contributed by atoms with Gasteiger partial charge < -0.3 is 10.6 Å². The number of halogens is 1. The molecule has 4 heteroatoms. The predicted octanol–water partition coefficient (Wildman–Crippen LogP) is 4.33. The van der Waals surface area contributed by atoms with E-state index in [0.717, 1.165) is 15.7 Å². The monoisotopic (exact) mass is 318 g/mol. The van der Waals surface area contributed by atoms with Gasteiger partial charge in [0, 0.05) is 10.2 Å². The van der Waals surface area contributed by atoms with Crippen LogP contribution in [0.1, 0.15) is 18.5 Å². The Balaban J connectivity index is 1.95. The first-order valence-corrected chi connectivity index (χ1v) is 6.82. The normalized spacial score (nSPS) is 11.7. The highest BCUT2D eigenvalue weighted by molar-refractivity contribution is 9.10. The Morgan fingerprint density at radius 3 is 2.53 bits per heavy atom. The van der Waals surface area contributed by atoms with Gasteiger partial charge in [-0.1, -0.05) is 52.3 Å². The number of carbonyl (C=O) groups is 1. The van der Waals surface area contributed by atoms with E-state index in [-0.39, 0.29) is 12.1 Å². The Kier molecular flexibility index (Phi) is 4.58. The average molecular weight is 319 g/mol. The minimum Gasteiger partial charge on any atom is -0.331 e. The lowest BCUT2D eigenvalue weighted by Crippen LogP contribution is -2.31. The molecule has 0 heterocycles. The highest BCUT2D eigenvalue weighted by atomic mass is 79.9. The van der Waals surface area contributed by atoms with Crippen molar-refractivity contribution in [1.29, 1.82) is 0 Å². The molecule has 19 heavy (non-hydrogen) atoms. The van der Waals surface area contributed by atoms with Gasteiger partial charge in [0.1, 0.15) is 0 Å². The van der Waals surface area contributed by atoms with E-state index in [2.05, 4.69) is 26.6 Å². The van der Waals surface area contributed by atoms with E-state index in [1.165, 1.54) is 0 Å². The van der Waals surface area contributed by atoms with E-state index in [1.54, 1.807) is 0 Å². The van der Waals surface area contributed by atoms with Gasteiger partial charge in [-0.2, -0.15) is 0 Å². The summed E-state index contributed by atoms with van der Waals surface area (Å²) in [6, 6.07) is 17.1. The number of urea groups is 1. The van der Waals surface area contributed by atoms with Gasteiger partial charge in [-0.15, -0.1) is 0 Å². The number of hydrogen-bond acceptors (Lipinski definition) is 1. The van der Waals surface area contributed by atoms with Crippen molar-refractivity contribution in [1.82, 2.24) is 5.32 Å². The van der Waals surface area contributed by atoms with Crippen molar-refractivity contribution in [3.8, 4) is 0 Å². The molecule has 0 unspecified atom stereocenters. The fraction of sp³-hybridized carbons (Fsp3) is 0.133. The van der Waals surface area contributed by atoms with Crippen molar-refractivity contribution in [3.05, 3.63) is 64.6 Å². The molecule has 0 aliphatic rings. The van der Waals surface area contributed by atoms with Crippen molar-refractivity contribution >= 4 is 27.6 Å². The SMILES string of the molecule is C[C@H](NC(=O)Nc1cccc(Br)c1)c1ccccc1. The van der Waals surface area contributed by atoms with Gasteiger partial charge in [-0.25, -0.2) is 4.79 Å². The average Bonchev–Trinajstić information content (AvgIpc) is 2.39. The zero-order chi connectivity index (χ0) is 13.7. The van der Waals surface area contributed by atoms with Crippen LogP contribution >= 0.6 is 15.9 Å². The van der Waals surface area contributed by atoms with Crippen molar-refractivity contribution in [2.24, 2.45) is 0 Å². The highest BCUT2D eigenvalue weighted by Crippen LogP contribution is 2.16. The summed E-state index contributed by atoms with van der Waals surface area (Å²) in [6.07, 6.45) is 0. The Morgan fingerprint density at radius 1 is 1.11 bits per heavy atom. The minimum atomic E-state index is -0.213. The van der Waals surface area contributed by atoms with Crippen LogP contribution in [0.15, 0.2) is 59.1 Å². The van der Waals surface area contributed by atoms with E-state index < -0.39 is 0 Å². The number of rotatable bonds is 3. The fourth-order valence-electron chi connectivity index (χ4n) is 1.76. The molecule has 0 aliphatic heterocycles. The summed E-state index contributed by atoms with van der Waals surface area (Å²) < 4.78 is 0.932. The summed E-state index contributed by atoms with van der Waals surface area (Å²) in [4.78, 5) is 11.9. The van der Waals surface area contributed by atoms with Gasteiger partial charge in [-0.3, -0.25) is 0 Å². The maximum atomic E-state index is 11.9. The Morgan fingerprint density at radius 2 is 1.84 bits per heavy atom. The number of carbonyl (C=O) groups excluding carboxylic acids is 1. The van der Waals surface area contributed by atoms with E-state index in [9.17, 15) is 4.79 Å². The third kappa shape index (κ3) is 4.10. The summed E-state index contributed by atoms with van der Waals surface area (Å²) in [6.45, 7) is 1.95. The summed E-state index contributed by atoms with van der Waals surface area (Å²) >= 11 is 3.37. The largest absolute Gasteiger partial charge is 0.331 e.